The Labute approximate surface area is 122 Å². The van der Waals surface area contributed by atoms with Gasteiger partial charge in [0.05, 0.1) is 15.9 Å². The maximum absolute atomic E-state index is 13.7. The average molecular weight is 337 g/mol. The van der Waals surface area contributed by atoms with Gasteiger partial charge in [0.15, 0.2) is 5.13 Å². The quantitative estimate of drug-likeness (QED) is 0.691. The van der Waals surface area contributed by atoms with Gasteiger partial charge in [0, 0.05) is 4.47 Å². The number of fused-ring (bicyclic) bond motifs is 1. The zero-order valence-corrected chi connectivity index (χ0v) is 12.5. The highest BCUT2D eigenvalue weighted by Crippen LogP contribution is 2.33. The van der Waals surface area contributed by atoms with Crippen molar-refractivity contribution in [1.29, 1.82) is 0 Å². The van der Waals surface area contributed by atoms with Crippen LogP contribution in [-0.4, -0.2) is 4.98 Å². The largest absolute Gasteiger partial charge is 0.328 e. The molecule has 0 amide bonds. The van der Waals surface area contributed by atoms with Gasteiger partial charge < -0.3 is 5.32 Å². The summed E-state index contributed by atoms with van der Waals surface area (Å²) in [5.41, 5.74) is 2.53. The molecule has 0 atom stereocenters. The molecule has 0 saturated heterocycles. The van der Waals surface area contributed by atoms with Crippen LogP contribution in [-0.2, 0) is 0 Å². The lowest BCUT2D eigenvalue weighted by atomic mass is 10.2. The van der Waals surface area contributed by atoms with Crippen LogP contribution < -0.4 is 5.32 Å². The van der Waals surface area contributed by atoms with Crippen LogP contribution in [0.5, 0.6) is 0 Å². The Balaban J connectivity index is 2.01. The van der Waals surface area contributed by atoms with Gasteiger partial charge in [-0.2, -0.15) is 0 Å². The molecule has 0 aliphatic heterocycles. The number of nitrogens with zero attached hydrogens (tertiary/aromatic N) is 1. The Hall–Kier alpha value is -1.46. The standard InChI is InChI=1S/C14H10BrFN2S/c1-8-5-6-11-12(7-8)19-14(17-11)18-13-9(15)3-2-4-10(13)16/h2-7H,1H3,(H,17,18). The number of para-hydroxylation sites is 1. The number of thiazole rings is 1. The third-order valence-electron chi connectivity index (χ3n) is 2.74. The maximum Gasteiger partial charge on any atom is 0.188 e. The van der Waals surface area contributed by atoms with Gasteiger partial charge >= 0.3 is 0 Å². The second kappa shape index (κ2) is 4.90. The van der Waals surface area contributed by atoms with Crippen LogP contribution in [0, 0.1) is 12.7 Å². The number of nitrogens with one attached hydrogen (secondary N) is 1. The van der Waals surface area contributed by atoms with E-state index in [1.165, 1.54) is 23.0 Å². The molecule has 3 rings (SSSR count). The molecule has 0 saturated carbocycles. The summed E-state index contributed by atoms with van der Waals surface area (Å²) in [5.74, 6) is -0.301. The maximum atomic E-state index is 13.7. The summed E-state index contributed by atoms with van der Waals surface area (Å²) >= 11 is 4.85. The number of halogens is 2. The van der Waals surface area contributed by atoms with Crippen LogP contribution in [0.4, 0.5) is 15.2 Å². The van der Waals surface area contributed by atoms with Crippen LogP contribution >= 0.6 is 27.3 Å². The third kappa shape index (κ3) is 2.48. The second-order valence-electron chi connectivity index (χ2n) is 4.21. The first kappa shape index (κ1) is 12.6. The van der Waals surface area contributed by atoms with E-state index < -0.39 is 0 Å². The van der Waals surface area contributed by atoms with E-state index in [0.717, 1.165) is 10.2 Å². The van der Waals surface area contributed by atoms with Crippen LogP contribution in [0.15, 0.2) is 40.9 Å². The first-order valence-corrected chi connectivity index (χ1v) is 7.32. The molecule has 2 nitrogen and oxygen atoms in total. The lowest BCUT2D eigenvalue weighted by Gasteiger charge is -2.05. The van der Waals surface area contributed by atoms with Gasteiger partial charge in [-0.05, 0) is 52.7 Å². The molecular formula is C14H10BrFN2S. The minimum atomic E-state index is -0.301. The van der Waals surface area contributed by atoms with Crippen molar-refractivity contribution in [2.45, 2.75) is 6.92 Å². The van der Waals surface area contributed by atoms with Crippen molar-refractivity contribution in [3.8, 4) is 0 Å². The molecule has 3 aromatic rings. The Morgan fingerprint density at radius 2 is 2.11 bits per heavy atom. The fraction of sp³-hybridized carbons (Fsp3) is 0.0714. The van der Waals surface area contributed by atoms with Crippen molar-refractivity contribution in [3.05, 3.63) is 52.3 Å². The van der Waals surface area contributed by atoms with E-state index in [2.05, 4.69) is 32.3 Å². The molecule has 5 heteroatoms. The molecule has 0 radical (unpaired) electrons. The van der Waals surface area contributed by atoms with E-state index in [1.807, 2.05) is 19.1 Å². The van der Waals surface area contributed by atoms with E-state index in [4.69, 9.17) is 0 Å². The van der Waals surface area contributed by atoms with Crippen molar-refractivity contribution in [1.82, 2.24) is 4.98 Å². The number of benzene rings is 2. The zero-order valence-electron chi connectivity index (χ0n) is 10.1. The van der Waals surface area contributed by atoms with Gasteiger partial charge in [0.1, 0.15) is 5.82 Å². The highest BCUT2D eigenvalue weighted by Gasteiger charge is 2.09. The molecule has 0 aliphatic rings. The molecule has 0 aliphatic carbocycles. The Morgan fingerprint density at radius 1 is 1.26 bits per heavy atom. The summed E-state index contributed by atoms with van der Waals surface area (Å²) in [4.78, 5) is 4.45. The summed E-state index contributed by atoms with van der Waals surface area (Å²) in [5, 5.41) is 3.72. The van der Waals surface area contributed by atoms with Crippen molar-refractivity contribution < 1.29 is 4.39 Å². The lowest BCUT2D eigenvalue weighted by Crippen LogP contribution is -1.93. The van der Waals surface area contributed by atoms with E-state index in [-0.39, 0.29) is 5.82 Å². The Morgan fingerprint density at radius 3 is 2.89 bits per heavy atom. The van der Waals surface area contributed by atoms with E-state index in [9.17, 15) is 4.39 Å². The molecule has 96 valence electrons. The molecule has 0 bridgehead atoms. The Bertz CT molecular complexity index is 734. The Kier molecular flexibility index (Phi) is 3.24. The minimum Gasteiger partial charge on any atom is -0.328 e. The predicted octanol–water partition coefficient (Wildman–Crippen LogP) is 5.25. The monoisotopic (exact) mass is 336 g/mol. The van der Waals surface area contributed by atoms with Crippen molar-refractivity contribution in [2.75, 3.05) is 5.32 Å². The summed E-state index contributed by atoms with van der Waals surface area (Å²) in [7, 11) is 0. The topological polar surface area (TPSA) is 24.9 Å². The number of aryl methyl sites for hydroxylation is 1. The molecule has 0 spiro atoms. The van der Waals surface area contributed by atoms with Crippen LogP contribution in [0.2, 0.25) is 0 Å². The van der Waals surface area contributed by atoms with E-state index in [1.54, 1.807) is 12.1 Å². The zero-order chi connectivity index (χ0) is 13.4. The summed E-state index contributed by atoms with van der Waals surface area (Å²) in [6, 6.07) is 10.9. The number of aromatic nitrogens is 1. The predicted molar refractivity (Wildman–Crippen MR) is 81.7 cm³/mol. The number of rotatable bonds is 2. The van der Waals surface area contributed by atoms with E-state index >= 15 is 0 Å². The molecule has 1 N–H and O–H groups in total. The molecule has 19 heavy (non-hydrogen) atoms. The summed E-state index contributed by atoms with van der Waals surface area (Å²) < 4.78 is 15.5. The molecule has 0 unspecified atom stereocenters. The van der Waals surface area contributed by atoms with Gasteiger partial charge in [0.2, 0.25) is 0 Å². The minimum absolute atomic E-state index is 0.301. The third-order valence-corrected chi connectivity index (χ3v) is 4.33. The van der Waals surface area contributed by atoms with Gasteiger partial charge in [-0.1, -0.05) is 23.5 Å². The SMILES string of the molecule is Cc1ccc2nc(Nc3c(F)cccc3Br)sc2c1. The van der Waals surface area contributed by atoms with Gasteiger partial charge in [0.25, 0.3) is 0 Å². The molecule has 1 heterocycles. The van der Waals surface area contributed by atoms with Crippen LogP contribution in [0.25, 0.3) is 10.2 Å². The van der Waals surface area contributed by atoms with Crippen molar-refractivity contribution >= 4 is 48.3 Å². The van der Waals surface area contributed by atoms with Crippen LogP contribution in [0.3, 0.4) is 0 Å². The van der Waals surface area contributed by atoms with Crippen molar-refractivity contribution in [3.63, 3.8) is 0 Å². The van der Waals surface area contributed by atoms with Crippen LogP contribution in [0.1, 0.15) is 5.56 Å². The number of hydrogen-bond donors (Lipinski definition) is 1. The highest BCUT2D eigenvalue weighted by molar-refractivity contribution is 9.10. The highest BCUT2D eigenvalue weighted by atomic mass is 79.9. The smallest absolute Gasteiger partial charge is 0.188 e. The molecule has 2 aromatic carbocycles. The fourth-order valence-corrected chi connectivity index (χ4v) is 3.22. The first-order chi connectivity index (χ1) is 9.13. The number of hydrogen-bond acceptors (Lipinski definition) is 3. The summed E-state index contributed by atoms with van der Waals surface area (Å²) in [6.45, 7) is 2.04. The summed E-state index contributed by atoms with van der Waals surface area (Å²) in [6.07, 6.45) is 0. The molecule has 1 aromatic heterocycles. The lowest BCUT2D eigenvalue weighted by molar-refractivity contribution is 0.631. The normalized spacial score (nSPS) is 10.9. The van der Waals surface area contributed by atoms with Gasteiger partial charge in [-0.3, -0.25) is 0 Å². The van der Waals surface area contributed by atoms with Gasteiger partial charge in [-0.25, -0.2) is 9.37 Å². The van der Waals surface area contributed by atoms with Gasteiger partial charge in [-0.15, -0.1) is 0 Å². The molecular weight excluding hydrogens is 327 g/mol. The average Bonchev–Trinajstić information content (AvgIpc) is 2.75. The molecule has 0 fully saturated rings. The first-order valence-electron chi connectivity index (χ1n) is 5.72. The van der Waals surface area contributed by atoms with E-state index in [0.29, 0.717) is 15.3 Å². The second-order valence-corrected chi connectivity index (χ2v) is 6.10. The number of anilines is 2. The van der Waals surface area contributed by atoms with Crippen molar-refractivity contribution in [2.24, 2.45) is 0 Å². The fourth-order valence-electron chi connectivity index (χ4n) is 1.81.